The maximum absolute atomic E-state index is 12.9. The quantitative estimate of drug-likeness (QED) is 0.367. The Bertz CT molecular complexity index is 1230. The molecule has 2 aromatic carbocycles. The number of aromatic hydroxyl groups is 2. The normalized spacial score (nSPS) is 24.2. The number of aliphatic hydroxyl groups is 1. The summed E-state index contributed by atoms with van der Waals surface area (Å²) in [7, 11) is 0. The number of hydrogen-bond acceptors (Lipinski definition) is 7. The van der Waals surface area contributed by atoms with Crippen LogP contribution in [0.1, 0.15) is 41.6 Å². The number of nitrogens with one attached hydrogen (secondary N) is 1. The average Bonchev–Trinajstić information content (AvgIpc) is 3.35. The second-order valence-electron chi connectivity index (χ2n) is 8.25. The lowest BCUT2D eigenvalue weighted by Crippen LogP contribution is -2.49. The van der Waals surface area contributed by atoms with E-state index in [0.29, 0.717) is 18.4 Å². The topological polar surface area (TPSA) is 134 Å². The van der Waals surface area contributed by atoms with E-state index in [1.165, 1.54) is 35.3 Å². The summed E-state index contributed by atoms with van der Waals surface area (Å²) >= 11 is 0. The molecule has 1 aliphatic heterocycles. The van der Waals surface area contributed by atoms with Crippen LogP contribution >= 0.6 is 0 Å². The van der Waals surface area contributed by atoms with Gasteiger partial charge in [0.1, 0.15) is 29.0 Å². The van der Waals surface area contributed by atoms with E-state index in [-0.39, 0.29) is 41.8 Å². The van der Waals surface area contributed by atoms with Gasteiger partial charge in [-0.25, -0.2) is 9.78 Å². The third-order valence-corrected chi connectivity index (χ3v) is 6.29. The summed E-state index contributed by atoms with van der Waals surface area (Å²) in [5.74, 6) is -0.895. The molecule has 0 atom stereocenters. The van der Waals surface area contributed by atoms with Gasteiger partial charge in [0.15, 0.2) is 5.82 Å². The summed E-state index contributed by atoms with van der Waals surface area (Å²) in [5.41, 5.74) is -0.820. The first-order valence-corrected chi connectivity index (χ1v) is 10.2. The van der Waals surface area contributed by atoms with E-state index in [1.807, 2.05) is 12.1 Å². The first-order valence-electron chi connectivity index (χ1n) is 10.2. The van der Waals surface area contributed by atoms with Crippen LogP contribution in [-0.2, 0) is 15.1 Å². The van der Waals surface area contributed by atoms with Crippen molar-refractivity contribution in [2.45, 2.75) is 36.9 Å². The Hall–Kier alpha value is -3.85. The van der Waals surface area contributed by atoms with Gasteiger partial charge < -0.3 is 29.9 Å². The van der Waals surface area contributed by atoms with E-state index in [9.17, 15) is 24.9 Å². The molecule has 1 amide bonds. The average molecular weight is 435 g/mol. The number of carbonyl (C=O) groups is 2. The molecule has 1 fully saturated rings. The summed E-state index contributed by atoms with van der Waals surface area (Å²) in [5, 5.41) is 33.2. The zero-order valence-corrected chi connectivity index (χ0v) is 17.0. The van der Waals surface area contributed by atoms with Crippen molar-refractivity contribution in [3.05, 3.63) is 66.1 Å². The van der Waals surface area contributed by atoms with Crippen LogP contribution in [0.25, 0.3) is 5.69 Å². The van der Waals surface area contributed by atoms with Gasteiger partial charge in [-0.05, 0) is 43.9 Å². The van der Waals surface area contributed by atoms with Crippen LogP contribution in [0.15, 0.2) is 55.0 Å². The van der Waals surface area contributed by atoms with E-state index < -0.39 is 17.1 Å². The molecule has 3 aromatic rings. The molecule has 5 rings (SSSR count). The lowest BCUT2D eigenvalue weighted by Gasteiger charge is -2.40. The van der Waals surface area contributed by atoms with E-state index in [4.69, 9.17) is 4.74 Å². The first kappa shape index (κ1) is 20.1. The second kappa shape index (κ2) is 7.10. The zero-order chi connectivity index (χ0) is 22.5. The fourth-order valence-electron chi connectivity index (χ4n) is 4.48. The first-order chi connectivity index (χ1) is 15.3. The molecule has 1 spiro atoms. The summed E-state index contributed by atoms with van der Waals surface area (Å²) in [6.45, 7) is 0. The van der Waals surface area contributed by atoms with E-state index in [1.54, 1.807) is 12.1 Å². The van der Waals surface area contributed by atoms with Crippen LogP contribution in [0, 0.1) is 0 Å². The van der Waals surface area contributed by atoms with Crippen molar-refractivity contribution in [1.82, 2.24) is 9.55 Å². The third kappa shape index (κ3) is 3.18. The minimum Gasteiger partial charge on any atom is -0.508 e. The number of hydrogen-bond donors (Lipinski definition) is 4. The number of esters is 1. The number of fused-ring (bicyclic) bond motifs is 2. The van der Waals surface area contributed by atoms with Crippen LogP contribution in [0.5, 0.6) is 11.5 Å². The standard InChI is InChI=1S/C23H21N3O6/c27-14-5-6-18(28)17(11-14)26-12-19(24-13-26)25-21(30)22(31)7-9-23(10-8-22)16-4-2-1-3-15(16)20(29)32-23/h1-6,11-13,27-28,31H,7-10H2,(H,25,30)/t22-,23-. The Morgan fingerprint density at radius 2 is 1.84 bits per heavy atom. The molecule has 2 heterocycles. The Kier molecular flexibility index (Phi) is 4.45. The van der Waals surface area contributed by atoms with Crippen molar-refractivity contribution in [3.8, 4) is 17.2 Å². The molecule has 9 nitrogen and oxygen atoms in total. The molecule has 164 valence electrons. The van der Waals surface area contributed by atoms with Crippen molar-refractivity contribution < 1.29 is 29.6 Å². The molecule has 9 heteroatoms. The van der Waals surface area contributed by atoms with Gasteiger partial charge in [-0.15, -0.1) is 0 Å². The molecule has 32 heavy (non-hydrogen) atoms. The number of ether oxygens (including phenoxy) is 1. The highest BCUT2D eigenvalue weighted by Crippen LogP contribution is 2.49. The maximum Gasteiger partial charge on any atom is 0.339 e. The highest BCUT2D eigenvalue weighted by molar-refractivity contribution is 5.97. The van der Waals surface area contributed by atoms with Gasteiger partial charge in [0.2, 0.25) is 0 Å². The number of imidazole rings is 1. The molecule has 1 aliphatic carbocycles. The van der Waals surface area contributed by atoms with Crippen LogP contribution < -0.4 is 5.32 Å². The molecule has 1 saturated carbocycles. The number of carbonyl (C=O) groups excluding carboxylic acids is 2. The smallest absolute Gasteiger partial charge is 0.339 e. The Morgan fingerprint density at radius 1 is 1.09 bits per heavy atom. The Labute approximate surface area is 182 Å². The Balaban J connectivity index is 1.30. The number of nitrogens with zero attached hydrogens (tertiary/aromatic N) is 2. The van der Waals surface area contributed by atoms with Crippen LogP contribution in [0.4, 0.5) is 5.82 Å². The molecule has 0 saturated heterocycles. The number of phenols is 2. The van der Waals surface area contributed by atoms with Crippen LogP contribution in [0.3, 0.4) is 0 Å². The van der Waals surface area contributed by atoms with Gasteiger partial charge >= 0.3 is 5.97 Å². The predicted molar refractivity (Wildman–Crippen MR) is 112 cm³/mol. The van der Waals surface area contributed by atoms with Crippen molar-refractivity contribution in [3.63, 3.8) is 0 Å². The van der Waals surface area contributed by atoms with Gasteiger partial charge in [0.05, 0.1) is 17.4 Å². The van der Waals surface area contributed by atoms with Crippen molar-refractivity contribution in [2.75, 3.05) is 5.32 Å². The second-order valence-corrected chi connectivity index (χ2v) is 8.25. The number of anilines is 1. The third-order valence-electron chi connectivity index (χ3n) is 6.29. The highest BCUT2D eigenvalue weighted by atomic mass is 16.6. The lowest BCUT2D eigenvalue weighted by molar-refractivity contribution is -0.144. The molecule has 2 aliphatic rings. The van der Waals surface area contributed by atoms with Gasteiger partial charge in [0.25, 0.3) is 5.91 Å². The Morgan fingerprint density at radius 3 is 2.62 bits per heavy atom. The molecule has 4 N–H and O–H groups in total. The number of phenolic OH excluding ortho intramolecular Hbond substituents is 2. The number of rotatable bonds is 3. The van der Waals surface area contributed by atoms with E-state index in [2.05, 4.69) is 10.3 Å². The van der Waals surface area contributed by atoms with Gasteiger partial charge in [-0.3, -0.25) is 4.79 Å². The monoisotopic (exact) mass is 435 g/mol. The minimum atomic E-state index is -1.63. The van der Waals surface area contributed by atoms with Gasteiger partial charge in [0, 0.05) is 11.6 Å². The summed E-state index contributed by atoms with van der Waals surface area (Å²) in [6.07, 6.45) is 3.73. The van der Waals surface area contributed by atoms with E-state index >= 15 is 0 Å². The molecule has 1 aromatic heterocycles. The maximum atomic E-state index is 12.9. The molecule has 0 bridgehead atoms. The van der Waals surface area contributed by atoms with Crippen molar-refractivity contribution in [1.29, 1.82) is 0 Å². The number of aromatic nitrogens is 2. The molecular formula is C23H21N3O6. The lowest BCUT2D eigenvalue weighted by atomic mass is 9.72. The molecule has 0 unspecified atom stereocenters. The SMILES string of the molecule is O=C1O[C@]2(CC[C@@](O)(C(=O)Nc3cn(-c4cc(O)ccc4O)cn3)CC2)c2ccccc21. The van der Waals surface area contributed by atoms with Crippen molar-refractivity contribution >= 4 is 17.7 Å². The van der Waals surface area contributed by atoms with Gasteiger partial charge in [-0.1, -0.05) is 18.2 Å². The highest BCUT2D eigenvalue weighted by Gasteiger charge is 2.52. The summed E-state index contributed by atoms with van der Waals surface area (Å²) in [4.78, 5) is 29.2. The summed E-state index contributed by atoms with van der Waals surface area (Å²) in [6, 6.07) is 11.3. The van der Waals surface area contributed by atoms with Crippen molar-refractivity contribution in [2.24, 2.45) is 0 Å². The van der Waals surface area contributed by atoms with Gasteiger partial charge in [-0.2, -0.15) is 0 Å². The zero-order valence-electron chi connectivity index (χ0n) is 17.0. The van der Waals surface area contributed by atoms with E-state index in [0.717, 1.165) is 5.56 Å². The largest absolute Gasteiger partial charge is 0.508 e. The molecular weight excluding hydrogens is 414 g/mol. The fraction of sp³-hybridized carbons (Fsp3) is 0.261. The number of benzene rings is 2. The minimum absolute atomic E-state index is 0.0308. The van der Waals surface area contributed by atoms with Crippen LogP contribution in [-0.4, -0.2) is 42.3 Å². The number of amides is 1. The predicted octanol–water partition coefficient (Wildman–Crippen LogP) is 2.59. The fourth-order valence-corrected chi connectivity index (χ4v) is 4.48. The van der Waals surface area contributed by atoms with Crippen LogP contribution in [0.2, 0.25) is 0 Å². The summed E-state index contributed by atoms with van der Waals surface area (Å²) < 4.78 is 7.13. The molecule has 0 radical (unpaired) electrons.